The molecule has 1 N–H and O–H groups in total. The highest BCUT2D eigenvalue weighted by Gasteiger charge is 2.23. The lowest BCUT2D eigenvalue weighted by atomic mass is 10.1. The highest BCUT2D eigenvalue weighted by Crippen LogP contribution is 2.21. The topological polar surface area (TPSA) is 64.6 Å². The van der Waals surface area contributed by atoms with Crippen molar-refractivity contribution in [3.8, 4) is 5.75 Å². The van der Waals surface area contributed by atoms with Crippen molar-refractivity contribution in [1.82, 2.24) is 0 Å². The van der Waals surface area contributed by atoms with Gasteiger partial charge in [-0.2, -0.15) is 0 Å². The summed E-state index contributed by atoms with van der Waals surface area (Å²) in [5.74, 6) is -0.0000664. The third kappa shape index (κ3) is 9.30. The van der Waals surface area contributed by atoms with Crippen LogP contribution in [0.2, 0.25) is 0 Å². The van der Waals surface area contributed by atoms with Crippen LogP contribution in [0.15, 0.2) is 48.5 Å². The average Bonchev–Trinajstić information content (AvgIpc) is 2.91. The Bertz CT molecular complexity index is 923. The SMILES string of the molecule is CCCCCOc1ccccc1C(=O)Nc1ccc(C(=O)OCC[N+](CC)(CC)CCCCC)cc1. The molecule has 0 aromatic heterocycles. The maximum Gasteiger partial charge on any atom is 0.338 e. The summed E-state index contributed by atoms with van der Waals surface area (Å²) in [7, 11) is 0. The minimum atomic E-state index is -0.336. The number of benzene rings is 2. The van der Waals surface area contributed by atoms with Gasteiger partial charge < -0.3 is 19.3 Å². The van der Waals surface area contributed by atoms with Crippen LogP contribution in [0.1, 0.15) is 86.9 Å². The molecule has 0 radical (unpaired) electrons. The fraction of sp³-hybridized carbons (Fsp3) is 0.533. The molecule has 0 aliphatic carbocycles. The van der Waals surface area contributed by atoms with Gasteiger partial charge in [0.1, 0.15) is 18.9 Å². The first kappa shape index (κ1) is 29.4. The van der Waals surface area contributed by atoms with Crippen molar-refractivity contribution in [3.05, 3.63) is 59.7 Å². The first-order valence-corrected chi connectivity index (χ1v) is 13.6. The van der Waals surface area contributed by atoms with Crippen LogP contribution in [0, 0.1) is 0 Å². The van der Waals surface area contributed by atoms with Gasteiger partial charge in [-0.05, 0) is 69.5 Å². The number of ether oxygens (including phenoxy) is 2. The van der Waals surface area contributed by atoms with Gasteiger partial charge in [-0.15, -0.1) is 0 Å². The smallest absolute Gasteiger partial charge is 0.338 e. The second-order valence-corrected chi connectivity index (χ2v) is 9.35. The van der Waals surface area contributed by atoms with Crippen LogP contribution in [0.25, 0.3) is 0 Å². The second-order valence-electron chi connectivity index (χ2n) is 9.35. The van der Waals surface area contributed by atoms with E-state index in [1.807, 2.05) is 18.2 Å². The number of carbonyl (C=O) groups is 2. The molecule has 0 fully saturated rings. The molecular formula is C30H45N2O4+. The van der Waals surface area contributed by atoms with Gasteiger partial charge in [0.15, 0.2) is 0 Å². The molecule has 0 aliphatic heterocycles. The number of unbranched alkanes of at least 4 members (excludes halogenated alkanes) is 4. The molecule has 2 aromatic carbocycles. The van der Waals surface area contributed by atoms with Crippen molar-refractivity contribution in [1.29, 1.82) is 0 Å². The van der Waals surface area contributed by atoms with Crippen molar-refractivity contribution < 1.29 is 23.5 Å². The van der Waals surface area contributed by atoms with E-state index < -0.39 is 0 Å². The largest absolute Gasteiger partial charge is 0.493 e. The molecule has 2 rings (SSSR count). The Balaban J connectivity index is 1.90. The summed E-state index contributed by atoms with van der Waals surface area (Å²) in [6.45, 7) is 13.8. The van der Waals surface area contributed by atoms with Gasteiger partial charge in [-0.3, -0.25) is 4.79 Å². The summed E-state index contributed by atoms with van der Waals surface area (Å²) in [6.07, 6.45) is 6.82. The first-order valence-electron chi connectivity index (χ1n) is 13.6. The number of esters is 1. The summed E-state index contributed by atoms with van der Waals surface area (Å²) in [6, 6.07) is 14.1. The summed E-state index contributed by atoms with van der Waals surface area (Å²) in [4.78, 5) is 25.4. The summed E-state index contributed by atoms with van der Waals surface area (Å²) < 4.78 is 12.4. The Kier molecular flexibility index (Phi) is 13.1. The van der Waals surface area contributed by atoms with E-state index in [2.05, 4.69) is 33.0 Å². The number of quaternary nitrogens is 1. The van der Waals surface area contributed by atoms with Gasteiger partial charge in [0.05, 0.1) is 37.4 Å². The number of nitrogens with zero attached hydrogens (tertiary/aromatic N) is 1. The Morgan fingerprint density at radius 1 is 0.778 bits per heavy atom. The standard InChI is InChI=1S/C30H44N2O4/c1-5-9-13-21-32(7-3,8-4)22-24-36-30(34)25-17-19-26(20-18-25)31-29(33)27-15-11-12-16-28(27)35-23-14-10-6-2/h11-12,15-20H,5-10,13-14,21-24H2,1-4H3/p+1. The average molecular weight is 498 g/mol. The number of carbonyl (C=O) groups excluding carboxylic acids is 2. The van der Waals surface area contributed by atoms with Crippen molar-refractivity contribution >= 4 is 17.6 Å². The number of anilines is 1. The van der Waals surface area contributed by atoms with Gasteiger partial charge in [-0.25, -0.2) is 4.79 Å². The lowest BCUT2D eigenvalue weighted by molar-refractivity contribution is -0.925. The molecule has 0 bridgehead atoms. The van der Waals surface area contributed by atoms with Crippen molar-refractivity contribution in [3.63, 3.8) is 0 Å². The Hall–Kier alpha value is -2.86. The number of rotatable bonds is 17. The van der Waals surface area contributed by atoms with Gasteiger partial charge in [-0.1, -0.05) is 45.2 Å². The molecule has 0 spiro atoms. The third-order valence-corrected chi connectivity index (χ3v) is 6.89. The van der Waals surface area contributed by atoms with E-state index in [1.54, 1.807) is 30.3 Å². The summed E-state index contributed by atoms with van der Waals surface area (Å²) in [5.41, 5.74) is 1.58. The number of nitrogens with one attached hydrogen (secondary N) is 1. The van der Waals surface area contributed by atoms with Crippen LogP contribution in [-0.4, -0.2) is 55.8 Å². The predicted molar refractivity (Wildman–Crippen MR) is 147 cm³/mol. The van der Waals surface area contributed by atoms with Crippen molar-refractivity contribution in [2.75, 3.05) is 44.7 Å². The van der Waals surface area contributed by atoms with E-state index in [4.69, 9.17) is 9.47 Å². The highest BCUT2D eigenvalue weighted by molar-refractivity contribution is 6.06. The lowest BCUT2D eigenvalue weighted by Gasteiger charge is -2.36. The van der Waals surface area contributed by atoms with Gasteiger partial charge in [0.2, 0.25) is 0 Å². The van der Waals surface area contributed by atoms with Gasteiger partial charge >= 0.3 is 5.97 Å². The van der Waals surface area contributed by atoms with E-state index >= 15 is 0 Å². The molecule has 0 unspecified atom stereocenters. The Morgan fingerprint density at radius 3 is 2.11 bits per heavy atom. The summed E-state index contributed by atoms with van der Waals surface area (Å²) >= 11 is 0. The zero-order valence-electron chi connectivity index (χ0n) is 22.7. The molecule has 36 heavy (non-hydrogen) atoms. The van der Waals surface area contributed by atoms with E-state index in [0.29, 0.717) is 35.8 Å². The Labute approximate surface area is 217 Å². The highest BCUT2D eigenvalue weighted by atomic mass is 16.5. The van der Waals surface area contributed by atoms with Crippen LogP contribution in [-0.2, 0) is 4.74 Å². The lowest BCUT2D eigenvalue weighted by Crippen LogP contribution is -2.50. The molecule has 1 amide bonds. The van der Waals surface area contributed by atoms with Crippen LogP contribution in [0.5, 0.6) is 5.75 Å². The minimum absolute atomic E-state index is 0.243. The monoisotopic (exact) mass is 497 g/mol. The zero-order valence-corrected chi connectivity index (χ0v) is 22.7. The maximum absolute atomic E-state index is 12.8. The molecular weight excluding hydrogens is 452 g/mol. The Morgan fingerprint density at radius 2 is 1.44 bits per heavy atom. The van der Waals surface area contributed by atoms with Crippen LogP contribution < -0.4 is 10.1 Å². The third-order valence-electron chi connectivity index (χ3n) is 6.89. The van der Waals surface area contributed by atoms with Crippen molar-refractivity contribution in [2.24, 2.45) is 0 Å². The van der Waals surface area contributed by atoms with E-state index in [0.717, 1.165) is 49.9 Å². The molecule has 2 aromatic rings. The molecule has 0 saturated heterocycles. The number of hydrogen-bond acceptors (Lipinski definition) is 4. The second kappa shape index (κ2) is 16.0. The number of likely N-dealkylation sites (N-methyl/N-ethyl adjacent to an activating group) is 1. The fourth-order valence-corrected chi connectivity index (χ4v) is 4.28. The van der Waals surface area contributed by atoms with Gasteiger partial charge in [0, 0.05) is 5.69 Å². The quantitative estimate of drug-likeness (QED) is 0.150. The predicted octanol–water partition coefficient (Wildman–Crippen LogP) is 6.71. The molecule has 0 atom stereocenters. The number of amides is 1. The maximum atomic E-state index is 12.8. The molecule has 0 saturated carbocycles. The first-order chi connectivity index (χ1) is 17.5. The zero-order chi connectivity index (χ0) is 26.2. The fourth-order valence-electron chi connectivity index (χ4n) is 4.28. The molecule has 6 nitrogen and oxygen atoms in total. The van der Waals surface area contributed by atoms with E-state index in [9.17, 15) is 9.59 Å². The molecule has 0 aliphatic rings. The van der Waals surface area contributed by atoms with E-state index in [1.165, 1.54) is 19.3 Å². The van der Waals surface area contributed by atoms with Gasteiger partial charge in [0.25, 0.3) is 5.91 Å². The van der Waals surface area contributed by atoms with Crippen LogP contribution in [0.3, 0.4) is 0 Å². The molecule has 198 valence electrons. The van der Waals surface area contributed by atoms with Crippen molar-refractivity contribution in [2.45, 2.75) is 66.2 Å². The number of hydrogen-bond donors (Lipinski definition) is 1. The number of para-hydroxylation sites is 1. The summed E-state index contributed by atoms with van der Waals surface area (Å²) in [5, 5.41) is 2.90. The van der Waals surface area contributed by atoms with Crippen LogP contribution in [0.4, 0.5) is 5.69 Å². The van der Waals surface area contributed by atoms with E-state index in [-0.39, 0.29) is 11.9 Å². The molecule has 0 heterocycles. The molecule has 6 heteroatoms. The van der Waals surface area contributed by atoms with Crippen LogP contribution >= 0.6 is 0 Å². The minimum Gasteiger partial charge on any atom is -0.493 e. The normalized spacial score (nSPS) is 11.2.